The summed E-state index contributed by atoms with van der Waals surface area (Å²) >= 11 is 6.05. The van der Waals surface area contributed by atoms with Crippen molar-refractivity contribution < 1.29 is 17.6 Å². The van der Waals surface area contributed by atoms with E-state index in [1.54, 1.807) is 18.2 Å². The van der Waals surface area contributed by atoms with Crippen LogP contribution in [-0.4, -0.2) is 20.6 Å². The number of hydrazine groups is 1. The van der Waals surface area contributed by atoms with Gasteiger partial charge in [-0.3, -0.25) is 14.5 Å². The van der Waals surface area contributed by atoms with Gasteiger partial charge in [-0.2, -0.15) is 0 Å². The average Bonchev–Trinajstić information content (AvgIpc) is 2.52. The molecule has 2 aromatic rings. The van der Waals surface area contributed by atoms with E-state index in [9.17, 15) is 17.6 Å². The SMILES string of the molecule is CS(=O)(=O)N(Cc1ccc(C(=O)NN)cc1F)c1ccccc1Cl. The van der Waals surface area contributed by atoms with Crippen LogP contribution in [0.5, 0.6) is 0 Å². The second kappa shape index (κ2) is 7.16. The Morgan fingerprint density at radius 3 is 2.50 bits per heavy atom. The minimum absolute atomic E-state index is 0.0300. The normalized spacial score (nSPS) is 11.2. The molecule has 0 heterocycles. The van der Waals surface area contributed by atoms with Crippen LogP contribution in [0.4, 0.5) is 10.1 Å². The Hall–Kier alpha value is -2.16. The number of nitrogens with one attached hydrogen (secondary N) is 1. The molecule has 0 radical (unpaired) electrons. The predicted octanol–water partition coefficient (Wildman–Crippen LogP) is 2.05. The van der Waals surface area contributed by atoms with Gasteiger partial charge >= 0.3 is 0 Å². The van der Waals surface area contributed by atoms with Gasteiger partial charge in [0.15, 0.2) is 0 Å². The fourth-order valence-electron chi connectivity index (χ4n) is 2.09. The molecule has 0 aliphatic rings. The van der Waals surface area contributed by atoms with Crippen molar-refractivity contribution in [2.75, 3.05) is 10.6 Å². The molecule has 1 amide bonds. The van der Waals surface area contributed by atoms with Crippen LogP contribution in [0.25, 0.3) is 0 Å². The fraction of sp³-hybridized carbons (Fsp3) is 0.133. The van der Waals surface area contributed by atoms with Gasteiger partial charge in [-0.25, -0.2) is 18.7 Å². The molecule has 2 rings (SSSR count). The first-order chi connectivity index (χ1) is 11.2. The predicted molar refractivity (Wildman–Crippen MR) is 90.5 cm³/mol. The molecule has 6 nitrogen and oxygen atoms in total. The van der Waals surface area contributed by atoms with E-state index in [4.69, 9.17) is 17.4 Å². The van der Waals surface area contributed by atoms with Crippen molar-refractivity contribution in [2.24, 2.45) is 5.84 Å². The second-order valence-electron chi connectivity index (χ2n) is 5.00. The summed E-state index contributed by atoms with van der Waals surface area (Å²) in [5.41, 5.74) is 2.26. The molecule has 0 spiro atoms. The maximum Gasteiger partial charge on any atom is 0.265 e. The van der Waals surface area contributed by atoms with Gasteiger partial charge in [-0.1, -0.05) is 29.8 Å². The summed E-state index contributed by atoms with van der Waals surface area (Å²) in [4.78, 5) is 11.4. The molecule has 128 valence electrons. The number of benzene rings is 2. The van der Waals surface area contributed by atoms with Gasteiger partial charge in [0.2, 0.25) is 10.0 Å². The number of para-hydroxylation sites is 1. The number of carbonyl (C=O) groups is 1. The van der Waals surface area contributed by atoms with Crippen molar-refractivity contribution in [1.82, 2.24) is 5.43 Å². The van der Waals surface area contributed by atoms with Crippen LogP contribution in [0.15, 0.2) is 42.5 Å². The monoisotopic (exact) mass is 371 g/mol. The van der Waals surface area contributed by atoms with Crippen molar-refractivity contribution in [3.63, 3.8) is 0 Å². The molecule has 9 heteroatoms. The van der Waals surface area contributed by atoms with E-state index in [-0.39, 0.29) is 28.4 Å². The third-order valence-electron chi connectivity index (χ3n) is 3.28. The summed E-state index contributed by atoms with van der Waals surface area (Å²) in [7, 11) is -3.70. The molecule has 0 saturated heterocycles. The number of anilines is 1. The van der Waals surface area contributed by atoms with Crippen molar-refractivity contribution in [3.8, 4) is 0 Å². The summed E-state index contributed by atoms with van der Waals surface area (Å²) < 4.78 is 39.4. The average molecular weight is 372 g/mol. The second-order valence-corrected chi connectivity index (χ2v) is 7.31. The molecule has 3 N–H and O–H groups in total. The highest BCUT2D eigenvalue weighted by molar-refractivity contribution is 7.92. The van der Waals surface area contributed by atoms with Crippen molar-refractivity contribution >= 4 is 33.2 Å². The summed E-state index contributed by atoms with van der Waals surface area (Å²) in [6.07, 6.45) is 1.00. The van der Waals surface area contributed by atoms with Gasteiger partial charge < -0.3 is 0 Å². The lowest BCUT2D eigenvalue weighted by Crippen LogP contribution is -2.31. The maximum absolute atomic E-state index is 14.2. The van der Waals surface area contributed by atoms with E-state index in [2.05, 4.69) is 0 Å². The Kier molecular flexibility index (Phi) is 5.43. The highest BCUT2D eigenvalue weighted by atomic mass is 35.5. The molecular weight excluding hydrogens is 357 g/mol. The van der Waals surface area contributed by atoms with Crippen LogP contribution in [-0.2, 0) is 16.6 Å². The first-order valence-corrected chi connectivity index (χ1v) is 8.98. The Labute approximate surface area is 144 Å². The van der Waals surface area contributed by atoms with Crippen LogP contribution in [0.2, 0.25) is 5.02 Å². The largest absolute Gasteiger partial charge is 0.290 e. The van der Waals surface area contributed by atoms with E-state index in [1.807, 2.05) is 5.43 Å². The first-order valence-electron chi connectivity index (χ1n) is 6.75. The highest BCUT2D eigenvalue weighted by Crippen LogP contribution is 2.29. The molecular formula is C15H15ClFN3O3S. The van der Waals surface area contributed by atoms with E-state index < -0.39 is 21.7 Å². The lowest BCUT2D eigenvalue weighted by atomic mass is 10.1. The lowest BCUT2D eigenvalue weighted by Gasteiger charge is -2.23. The molecule has 24 heavy (non-hydrogen) atoms. The number of sulfonamides is 1. The standard InChI is InChI=1S/C15H15ClFN3O3S/c1-24(22,23)20(14-5-3-2-4-12(14)16)9-11-7-6-10(8-13(11)17)15(21)19-18/h2-8H,9,18H2,1H3,(H,19,21). The molecule has 0 aliphatic heterocycles. The van der Waals surface area contributed by atoms with Crippen molar-refractivity contribution in [2.45, 2.75) is 6.54 Å². The molecule has 2 aromatic carbocycles. The number of nitrogens with two attached hydrogens (primary N) is 1. The van der Waals surface area contributed by atoms with E-state index in [0.717, 1.165) is 16.6 Å². The summed E-state index contributed by atoms with van der Waals surface area (Å²) in [6.45, 7) is -0.265. The van der Waals surface area contributed by atoms with E-state index in [0.29, 0.717) is 0 Å². The molecule has 0 fully saturated rings. The Balaban J connectivity index is 2.42. The van der Waals surface area contributed by atoms with Gasteiger partial charge in [0.05, 0.1) is 23.5 Å². The lowest BCUT2D eigenvalue weighted by molar-refractivity contribution is 0.0953. The van der Waals surface area contributed by atoms with Crippen molar-refractivity contribution in [3.05, 3.63) is 64.4 Å². The van der Waals surface area contributed by atoms with Crippen LogP contribution < -0.4 is 15.6 Å². The quantitative estimate of drug-likeness (QED) is 0.478. The molecule has 0 aromatic heterocycles. The first kappa shape index (κ1) is 18.2. The highest BCUT2D eigenvalue weighted by Gasteiger charge is 2.22. The minimum Gasteiger partial charge on any atom is -0.290 e. The minimum atomic E-state index is -3.70. The topological polar surface area (TPSA) is 92.5 Å². The van der Waals surface area contributed by atoms with Gasteiger partial charge in [-0.15, -0.1) is 0 Å². The van der Waals surface area contributed by atoms with Gasteiger partial charge in [0.25, 0.3) is 5.91 Å². The Bertz CT molecular complexity index is 874. The number of rotatable bonds is 5. The summed E-state index contributed by atoms with van der Waals surface area (Å²) in [5.74, 6) is 3.63. The van der Waals surface area contributed by atoms with E-state index in [1.165, 1.54) is 18.2 Å². The Morgan fingerprint density at radius 1 is 1.29 bits per heavy atom. The van der Waals surface area contributed by atoms with Crippen LogP contribution in [0, 0.1) is 5.82 Å². The number of amides is 1. The number of nitrogen functional groups attached to an aromatic ring is 1. The van der Waals surface area contributed by atoms with Gasteiger partial charge in [0, 0.05) is 11.1 Å². The summed E-state index contributed by atoms with van der Waals surface area (Å²) in [6, 6.07) is 10.0. The zero-order valence-corrected chi connectivity index (χ0v) is 14.2. The number of carbonyl (C=O) groups excluding carboxylic acids is 1. The van der Waals surface area contributed by atoms with Crippen LogP contribution in [0.1, 0.15) is 15.9 Å². The zero-order chi connectivity index (χ0) is 17.9. The molecule has 0 aliphatic carbocycles. The fourth-order valence-corrected chi connectivity index (χ4v) is 3.27. The number of nitrogens with zero attached hydrogens (tertiary/aromatic N) is 1. The summed E-state index contributed by atoms with van der Waals surface area (Å²) in [5, 5.41) is 0.225. The molecule has 0 unspecified atom stereocenters. The van der Waals surface area contributed by atoms with Gasteiger partial charge in [0.1, 0.15) is 5.82 Å². The van der Waals surface area contributed by atoms with E-state index >= 15 is 0 Å². The van der Waals surface area contributed by atoms with Crippen LogP contribution >= 0.6 is 11.6 Å². The molecule has 0 atom stereocenters. The smallest absolute Gasteiger partial charge is 0.265 e. The number of hydrogen-bond acceptors (Lipinski definition) is 4. The third kappa shape index (κ3) is 4.02. The number of halogens is 2. The number of hydrogen-bond donors (Lipinski definition) is 2. The molecule has 0 bridgehead atoms. The zero-order valence-electron chi connectivity index (χ0n) is 12.7. The maximum atomic E-state index is 14.2. The third-order valence-corrected chi connectivity index (χ3v) is 4.73. The van der Waals surface area contributed by atoms with Crippen LogP contribution in [0.3, 0.4) is 0 Å². The van der Waals surface area contributed by atoms with Gasteiger partial charge in [-0.05, 0) is 24.3 Å². The molecule has 0 saturated carbocycles. The Morgan fingerprint density at radius 2 is 1.96 bits per heavy atom. The van der Waals surface area contributed by atoms with Crippen molar-refractivity contribution in [1.29, 1.82) is 0 Å².